The van der Waals surface area contributed by atoms with Crippen LogP contribution < -0.4 is 10.2 Å². The number of amides is 1. The van der Waals surface area contributed by atoms with E-state index in [1.165, 1.54) is 11.4 Å². The zero-order valence-corrected chi connectivity index (χ0v) is 29.4. The van der Waals surface area contributed by atoms with Crippen molar-refractivity contribution in [3.05, 3.63) is 59.2 Å². The highest BCUT2D eigenvalue weighted by Gasteiger charge is 2.32. The largest absolute Gasteiger partial charge is 0.465 e. The van der Waals surface area contributed by atoms with Crippen LogP contribution in [0, 0.1) is 17.2 Å². The number of nitrogens with zero attached hydrogens (tertiary/aromatic N) is 4. The summed E-state index contributed by atoms with van der Waals surface area (Å²) < 4.78 is 38.8. The third kappa shape index (κ3) is 8.87. The predicted octanol–water partition coefficient (Wildman–Crippen LogP) is 5.12. The maximum atomic E-state index is 13.6. The Morgan fingerprint density at radius 1 is 0.938 bits per heavy atom. The minimum atomic E-state index is -3.63. The fourth-order valence-electron chi connectivity index (χ4n) is 7.09. The van der Waals surface area contributed by atoms with E-state index < -0.39 is 27.7 Å². The van der Waals surface area contributed by atoms with Crippen molar-refractivity contribution in [1.29, 1.82) is 5.26 Å². The number of nitrogens with one attached hydrogen (secondary N) is 1. The first kappa shape index (κ1) is 35.6. The number of rotatable bonds is 8. The number of alkyl carbamates (subject to hydrolysis) is 1. The lowest BCUT2D eigenvalue weighted by Gasteiger charge is -2.38. The van der Waals surface area contributed by atoms with Crippen molar-refractivity contribution in [2.45, 2.75) is 81.8 Å². The fraction of sp³-hybridized carbons (Fsp3) is 0.583. The molecule has 0 radical (unpaired) electrons. The molecule has 1 N–H and O–H groups in total. The number of sulfonamides is 1. The van der Waals surface area contributed by atoms with Gasteiger partial charge < -0.3 is 24.6 Å². The number of ether oxygens (including phenoxy) is 2. The second kappa shape index (κ2) is 15.3. The molecule has 3 fully saturated rings. The first-order chi connectivity index (χ1) is 22.9. The number of methoxy groups -OCH3 is 1. The molecule has 2 aromatic rings. The molecule has 5 rings (SSSR count). The van der Waals surface area contributed by atoms with E-state index in [2.05, 4.69) is 27.3 Å². The van der Waals surface area contributed by atoms with Gasteiger partial charge in [0.1, 0.15) is 11.7 Å². The summed E-state index contributed by atoms with van der Waals surface area (Å²) in [5.41, 5.74) is 2.09. The van der Waals surface area contributed by atoms with Crippen molar-refractivity contribution in [3.63, 3.8) is 0 Å². The quantitative estimate of drug-likeness (QED) is 0.378. The maximum Gasteiger partial charge on any atom is 0.407 e. The van der Waals surface area contributed by atoms with Gasteiger partial charge in [0.2, 0.25) is 10.0 Å². The molecular formula is C36H49N5O6S. The SMILES string of the molecule is COC(=O)c1ccc(N2CCC(CN3CCC(c4cccc(S(=O)(=O)N5CCC(NC(=O)OC(C)(C)C)CC5)c4)CC3)CC2)cc1C#N. The van der Waals surface area contributed by atoms with E-state index in [0.29, 0.717) is 53.8 Å². The molecule has 0 saturated carbocycles. The summed E-state index contributed by atoms with van der Waals surface area (Å²) in [6, 6.07) is 14.9. The van der Waals surface area contributed by atoms with Crippen LogP contribution in [0.25, 0.3) is 0 Å². The van der Waals surface area contributed by atoms with Crippen LogP contribution in [0.15, 0.2) is 47.4 Å². The standard InChI is InChI=1S/C36H49N5O6S/c1-36(2,3)47-35(43)38-30-14-20-41(21-15-30)48(44,45)32-7-5-6-28(23-32)27-12-16-39(17-13-27)25-26-10-18-40(19-11-26)31-8-9-33(34(42)46-4)29(22-31)24-37/h5-9,22-23,26-27,30H,10-21,25H2,1-4H3,(H,38,43). The molecule has 12 heteroatoms. The molecule has 3 aliphatic rings. The Morgan fingerprint density at radius 2 is 1.62 bits per heavy atom. The minimum Gasteiger partial charge on any atom is -0.465 e. The van der Waals surface area contributed by atoms with Crippen LogP contribution in [-0.2, 0) is 19.5 Å². The van der Waals surface area contributed by atoms with E-state index in [-0.39, 0.29) is 6.04 Å². The van der Waals surface area contributed by atoms with Gasteiger partial charge in [-0.15, -0.1) is 0 Å². The lowest BCUT2D eigenvalue weighted by molar-refractivity contribution is 0.0488. The Hall–Kier alpha value is -3.66. The molecule has 0 unspecified atom stereocenters. The van der Waals surface area contributed by atoms with Gasteiger partial charge in [-0.1, -0.05) is 12.1 Å². The molecule has 48 heavy (non-hydrogen) atoms. The lowest BCUT2D eigenvalue weighted by atomic mass is 9.88. The molecule has 3 aliphatic heterocycles. The number of carbonyl (C=O) groups is 2. The summed E-state index contributed by atoms with van der Waals surface area (Å²) in [6.45, 7) is 11.0. The molecule has 260 valence electrons. The summed E-state index contributed by atoms with van der Waals surface area (Å²) in [6.07, 6.45) is 4.74. The molecule has 3 heterocycles. The lowest BCUT2D eigenvalue weighted by Crippen LogP contribution is -2.47. The number of likely N-dealkylation sites (tertiary alicyclic amines) is 1. The molecule has 0 atom stereocenters. The Labute approximate surface area is 285 Å². The van der Waals surface area contributed by atoms with Crippen molar-refractivity contribution in [1.82, 2.24) is 14.5 Å². The number of piperidine rings is 3. The Balaban J connectivity index is 1.08. The van der Waals surface area contributed by atoms with Crippen molar-refractivity contribution < 1.29 is 27.5 Å². The average Bonchev–Trinajstić information content (AvgIpc) is 3.07. The second-order valence-corrected chi connectivity index (χ2v) is 16.2. The molecule has 11 nitrogen and oxygen atoms in total. The summed E-state index contributed by atoms with van der Waals surface area (Å²) in [5.74, 6) is 0.421. The van der Waals surface area contributed by atoms with Crippen LogP contribution in [0.3, 0.4) is 0 Å². The molecule has 2 aromatic carbocycles. The molecular weight excluding hydrogens is 630 g/mol. The molecule has 0 aromatic heterocycles. The van der Waals surface area contributed by atoms with E-state index >= 15 is 0 Å². The number of nitriles is 1. The van der Waals surface area contributed by atoms with Crippen LogP contribution in [-0.4, -0.2) is 94.3 Å². The Bertz CT molecular complexity index is 1590. The van der Waals surface area contributed by atoms with Gasteiger partial charge in [0, 0.05) is 44.5 Å². The minimum absolute atomic E-state index is 0.111. The van der Waals surface area contributed by atoms with Crippen LogP contribution in [0.1, 0.15) is 86.7 Å². The van der Waals surface area contributed by atoms with E-state index in [0.717, 1.165) is 69.7 Å². The zero-order valence-electron chi connectivity index (χ0n) is 28.6. The summed E-state index contributed by atoms with van der Waals surface area (Å²) >= 11 is 0. The molecule has 0 bridgehead atoms. The van der Waals surface area contributed by atoms with E-state index in [1.54, 1.807) is 18.2 Å². The Morgan fingerprint density at radius 3 is 2.25 bits per heavy atom. The first-order valence-electron chi connectivity index (χ1n) is 17.1. The highest BCUT2D eigenvalue weighted by Crippen LogP contribution is 2.32. The first-order valence-corrected chi connectivity index (χ1v) is 18.5. The third-order valence-corrected chi connectivity index (χ3v) is 11.6. The predicted molar refractivity (Wildman–Crippen MR) is 183 cm³/mol. The topological polar surface area (TPSA) is 132 Å². The third-order valence-electron chi connectivity index (χ3n) is 9.75. The molecule has 1 amide bonds. The number of benzene rings is 2. The van der Waals surface area contributed by atoms with Crippen molar-refractivity contribution >= 4 is 27.8 Å². The van der Waals surface area contributed by atoms with E-state index in [9.17, 15) is 23.3 Å². The van der Waals surface area contributed by atoms with Crippen LogP contribution in [0.5, 0.6) is 0 Å². The molecule has 3 saturated heterocycles. The van der Waals surface area contributed by atoms with Gasteiger partial charge in [-0.05, 0) is 120 Å². The van der Waals surface area contributed by atoms with Gasteiger partial charge in [-0.3, -0.25) is 0 Å². The zero-order chi connectivity index (χ0) is 34.5. The van der Waals surface area contributed by atoms with Crippen LogP contribution in [0.4, 0.5) is 10.5 Å². The molecule has 0 aliphatic carbocycles. The number of hydrogen-bond donors (Lipinski definition) is 1. The highest BCUT2D eigenvalue weighted by atomic mass is 32.2. The Kier molecular flexibility index (Phi) is 11.3. The second-order valence-electron chi connectivity index (χ2n) is 14.2. The van der Waals surface area contributed by atoms with Gasteiger partial charge >= 0.3 is 12.1 Å². The summed E-state index contributed by atoms with van der Waals surface area (Å²) in [4.78, 5) is 29.3. The number of esters is 1. The van der Waals surface area contributed by atoms with Gasteiger partial charge in [-0.2, -0.15) is 9.57 Å². The summed E-state index contributed by atoms with van der Waals surface area (Å²) in [5, 5.41) is 12.4. The van der Waals surface area contributed by atoms with Gasteiger partial charge in [-0.25, -0.2) is 18.0 Å². The number of carbonyl (C=O) groups excluding carboxylic acids is 2. The van der Waals surface area contributed by atoms with Gasteiger partial charge in [0.25, 0.3) is 0 Å². The van der Waals surface area contributed by atoms with E-state index in [1.807, 2.05) is 39.0 Å². The summed E-state index contributed by atoms with van der Waals surface area (Å²) in [7, 11) is -2.31. The average molecular weight is 680 g/mol. The number of hydrogen-bond acceptors (Lipinski definition) is 9. The van der Waals surface area contributed by atoms with E-state index in [4.69, 9.17) is 9.47 Å². The van der Waals surface area contributed by atoms with Crippen molar-refractivity contribution in [2.24, 2.45) is 5.92 Å². The monoisotopic (exact) mass is 679 g/mol. The normalized spacial score (nSPS) is 19.4. The highest BCUT2D eigenvalue weighted by molar-refractivity contribution is 7.89. The van der Waals surface area contributed by atoms with Crippen LogP contribution in [0.2, 0.25) is 0 Å². The maximum absolute atomic E-state index is 13.6. The smallest absolute Gasteiger partial charge is 0.407 e. The van der Waals surface area contributed by atoms with Crippen molar-refractivity contribution in [2.75, 3.05) is 57.8 Å². The van der Waals surface area contributed by atoms with Crippen molar-refractivity contribution in [3.8, 4) is 6.07 Å². The molecule has 0 spiro atoms. The number of anilines is 1. The van der Waals surface area contributed by atoms with Gasteiger partial charge in [0.05, 0.1) is 23.1 Å². The van der Waals surface area contributed by atoms with Crippen LogP contribution >= 0.6 is 0 Å². The van der Waals surface area contributed by atoms with Gasteiger partial charge in [0.15, 0.2) is 0 Å². The fourth-order valence-corrected chi connectivity index (χ4v) is 8.62.